The summed E-state index contributed by atoms with van der Waals surface area (Å²) in [4.78, 5) is 15.7. The van der Waals surface area contributed by atoms with E-state index in [-0.39, 0.29) is 17.0 Å². The molecule has 0 spiro atoms. The van der Waals surface area contributed by atoms with Crippen molar-refractivity contribution >= 4 is 17.7 Å². The van der Waals surface area contributed by atoms with Crippen molar-refractivity contribution in [1.82, 2.24) is 4.90 Å². The summed E-state index contributed by atoms with van der Waals surface area (Å²) in [6, 6.07) is 17.1. The SMILES string of the molecule is O=C(N1CCS[C@H](c2ccccc2F)CC1)C1(c2ccccc2)CCOCC1. The average Bonchev–Trinajstić information content (AvgIpc) is 3.01. The Bertz CT molecular complexity index is 807. The summed E-state index contributed by atoms with van der Waals surface area (Å²) >= 11 is 1.76. The molecule has 2 aliphatic rings. The van der Waals surface area contributed by atoms with Crippen LogP contribution >= 0.6 is 11.8 Å². The maximum absolute atomic E-state index is 14.2. The highest BCUT2D eigenvalue weighted by molar-refractivity contribution is 7.99. The number of halogens is 1. The molecule has 2 aromatic rings. The van der Waals surface area contributed by atoms with Crippen molar-refractivity contribution in [3.05, 3.63) is 71.5 Å². The summed E-state index contributed by atoms with van der Waals surface area (Å²) in [7, 11) is 0. The highest BCUT2D eigenvalue weighted by Crippen LogP contribution is 2.40. The highest BCUT2D eigenvalue weighted by atomic mass is 32.2. The summed E-state index contributed by atoms with van der Waals surface area (Å²) < 4.78 is 19.8. The number of benzene rings is 2. The van der Waals surface area contributed by atoms with E-state index in [1.807, 2.05) is 35.2 Å². The molecule has 4 rings (SSSR count). The lowest BCUT2D eigenvalue weighted by Crippen LogP contribution is -2.50. The Kier molecular flexibility index (Phi) is 6.02. The molecule has 2 aromatic carbocycles. The Labute approximate surface area is 170 Å². The molecule has 0 radical (unpaired) electrons. The lowest BCUT2D eigenvalue weighted by molar-refractivity contribution is -0.141. The molecule has 0 aliphatic carbocycles. The van der Waals surface area contributed by atoms with E-state index in [0.29, 0.717) is 26.3 Å². The second-order valence-electron chi connectivity index (χ2n) is 7.52. The number of carbonyl (C=O) groups excluding carboxylic acids is 1. The molecule has 1 amide bonds. The maximum atomic E-state index is 14.2. The van der Waals surface area contributed by atoms with Crippen molar-refractivity contribution in [3.63, 3.8) is 0 Å². The fourth-order valence-corrected chi connectivity index (χ4v) is 5.62. The molecule has 2 aliphatic heterocycles. The van der Waals surface area contributed by atoms with Gasteiger partial charge in [0.2, 0.25) is 5.91 Å². The number of nitrogens with zero attached hydrogens (tertiary/aromatic N) is 1. The lowest BCUT2D eigenvalue weighted by atomic mass is 9.73. The van der Waals surface area contributed by atoms with Gasteiger partial charge in [0.05, 0.1) is 5.41 Å². The summed E-state index contributed by atoms with van der Waals surface area (Å²) in [5.74, 6) is 0.883. The van der Waals surface area contributed by atoms with Gasteiger partial charge in [-0.3, -0.25) is 4.79 Å². The van der Waals surface area contributed by atoms with Crippen LogP contribution in [0.25, 0.3) is 0 Å². The van der Waals surface area contributed by atoms with Crippen molar-refractivity contribution in [3.8, 4) is 0 Å². The van der Waals surface area contributed by atoms with Gasteiger partial charge < -0.3 is 9.64 Å². The van der Waals surface area contributed by atoms with Gasteiger partial charge in [-0.1, -0.05) is 48.5 Å². The second-order valence-corrected chi connectivity index (χ2v) is 8.83. The third-order valence-corrected chi connectivity index (χ3v) is 7.27. The monoisotopic (exact) mass is 399 g/mol. The molecular formula is C23H26FNO2S. The first kappa shape index (κ1) is 19.5. The van der Waals surface area contributed by atoms with Crippen LogP contribution in [0, 0.1) is 5.82 Å². The summed E-state index contributed by atoms with van der Waals surface area (Å²) in [5.41, 5.74) is 1.35. The summed E-state index contributed by atoms with van der Waals surface area (Å²) in [5, 5.41) is 0.0985. The van der Waals surface area contributed by atoms with Crippen LogP contribution in [-0.4, -0.2) is 42.9 Å². The van der Waals surface area contributed by atoms with E-state index in [2.05, 4.69) is 12.1 Å². The maximum Gasteiger partial charge on any atom is 0.233 e. The topological polar surface area (TPSA) is 29.5 Å². The van der Waals surface area contributed by atoms with Crippen LogP contribution in [0.3, 0.4) is 0 Å². The van der Waals surface area contributed by atoms with Gasteiger partial charge in [0.15, 0.2) is 0 Å². The molecule has 3 nitrogen and oxygen atoms in total. The van der Waals surface area contributed by atoms with Gasteiger partial charge in [0, 0.05) is 42.9 Å². The largest absolute Gasteiger partial charge is 0.381 e. The smallest absolute Gasteiger partial charge is 0.233 e. The van der Waals surface area contributed by atoms with Crippen LogP contribution in [-0.2, 0) is 14.9 Å². The first-order valence-corrected chi connectivity index (χ1v) is 11.0. The molecule has 5 heteroatoms. The Balaban J connectivity index is 1.54. The van der Waals surface area contributed by atoms with E-state index in [1.54, 1.807) is 17.8 Å². The van der Waals surface area contributed by atoms with Crippen LogP contribution in [0.15, 0.2) is 54.6 Å². The van der Waals surface area contributed by atoms with Gasteiger partial charge in [-0.25, -0.2) is 4.39 Å². The van der Waals surface area contributed by atoms with Crippen molar-refractivity contribution < 1.29 is 13.9 Å². The molecule has 2 saturated heterocycles. The molecule has 0 aromatic heterocycles. The molecule has 0 N–H and O–H groups in total. The average molecular weight is 400 g/mol. The van der Waals surface area contributed by atoms with Gasteiger partial charge in [-0.15, -0.1) is 0 Å². The Morgan fingerprint density at radius 3 is 2.50 bits per heavy atom. The van der Waals surface area contributed by atoms with Gasteiger partial charge in [-0.2, -0.15) is 11.8 Å². The molecule has 2 heterocycles. The number of hydrogen-bond donors (Lipinski definition) is 0. The molecule has 0 saturated carbocycles. The molecule has 28 heavy (non-hydrogen) atoms. The van der Waals surface area contributed by atoms with Crippen LogP contribution in [0.2, 0.25) is 0 Å². The fourth-order valence-electron chi connectivity index (χ4n) is 4.36. The first-order valence-electron chi connectivity index (χ1n) is 9.99. The summed E-state index contributed by atoms with van der Waals surface area (Å²) in [6.45, 7) is 2.60. The minimum absolute atomic E-state index is 0.0985. The molecule has 1 atom stereocenters. The van der Waals surface area contributed by atoms with E-state index in [9.17, 15) is 9.18 Å². The van der Waals surface area contributed by atoms with Crippen molar-refractivity contribution in [1.29, 1.82) is 0 Å². The van der Waals surface area contributed by atoms with Gasteiger partial charge in [0.1, 0.15) is 5.82 Å². The quantitative estimate of drug-likeness (QED) is 0.757. The minimum Gasteiger partial charge on any atom is -0.381 e. The molecule has 148 valence electrons. The lowest BCUT2D eigenvalue weighted by Gasteiger charge is -2.40. The predicted molar refractivity (Wildman–Crippen MR) is 111 cm³/mol. The minimum atomic E-state index is -0.498. The Morgan fingerprint density at radius 1 is 1.04 bits per heavy atom. The van der Waals surface area contributed by atoms with Gasteiger partial charge in [0.25, 0.3) is 0 Å². The van der Waals surface area contributed by atoms with Crippen molar-refractivity contribution in [2.24, 2.45) is 0 Å². The second kappa shape index (κ2) is 8.66. The van der Waals surface area contributed by atoms with E-state index in [1.165, 1.54) is 6.07 Å². The Morgan fingerprint density at radius 2 is 1.75 bits per heavy atom. The zero-order chi connectivity index (χ0) is 19.4. The van der Waals surface area contributed by atoms with E-state index >= 15 is 0 Å². The number of hydrogen-bond acceptors (Lipinski definition) is 3. The highest BCUT2D eigenvalue weighted by Gasteiger charge is 2.44. The number of carbonyl (C=O) groups is 1. The summed E-state index contributed by atoms with van der Waals surface area (Å²) in [6.07, 6.45) is 2.21. The Hall–Kier alpha value is -1.85. The van der Waals surface area contributed by atoms with Gasteiger partial charge >= 0.3 is 0 Å². The van der Waals surface area contributed by atoms with E-state index < -0.39 is 5.41 Å². The van der Waals surface area contributed by atoms with E-state index in [0.717, 1.165) is 36.1 Å². The van der Waals surface area contributed by atoms with Crippen LogP contribution in [0.1, 0.15) is 35.6 Å². The normalized spacial score (nSPS) is 22.5. The zero-order valence-electron chi connectivity index (χ0n) is 16.0. The number of ether oxygens (including phenoxy) is 1. The molecule has 0 bridgehead atoms. The molecular weight excluding hydrogens is 373 g/mol. The van der Waals surface area contributed by atoms with Crippen LogP contribution in [0.5, 0.6) is 0 Å². The number of rotatable bonds is 3. The van der Waals surface area contributed by atoms with Crippen LogP contribution < -0.4 is 0 Å². The third kappa shape index (κ3) is 3.83. The molecule has 0 unspecified atom stereocenters. The predicted octanol–water partition coefficient (Wildman–Crippen LogP) is 4.58. The standard InChI is InChI=1S/C23H26FNO2S/c24-20-9-5-4-8-19(20)21-10-13-25(14-17-28-21)22(26)23(11-15-27-16-12-23)18-6-2-1-3-7-18/h1-9,21H,10-17H2/t21-/m0/s1. The van der Waals surface area contributed by atoms with Crippen molar-refractivity contribution in [2.75, 3.05) is 32.1 Å². The fraction of sp³-hybridized carbons (Fsp3) is 0.435. The zero-order valence-corrected chi connectivity index (χ0v) is 16.8. The molecule has 2 fully saturated rings. The van der Waals surface area contributed by atoms with Gasteiger partial charge in [-0.05, 0) is 30.9 Å². The number of amides is 1. The first-order chi connectivity index (χ1) is 13.7. The number of thioether (sulfide) groups is 1. The van der Waals surface area contributed by atoms with Crippen molar-refractivity contribution in [2.45, 2.75) is 29.9 Å². The van der Waals surface area contributed by atoms with E-state index in [4.69, 9.17) is 4.74 Å². The van der Waals surface area contributed by atoms with Crippen LogP contribution in [0.4, 0.5) is 4.39 Å². The third-order valence-electron chi connectivity index (χ3n) is 5.96.